The molecule has 0 fully saturated rings. The van der Waals surface area contributed by atoms with Crippen LogP contribution in [0, 0.1) is 0 Å². The van der Waals surface area contributed by atoms with E-state index < -0.39 is 0 Å². The van der Waals surface area contributed by atoms with Crippen LogP contribution in [-0.2, 0) is 13.0 Å². The van der Waals surface area contributed by atoms with Gasteiger partial charge in [0, 0.05) is 24.0 Å². The van der Waals surface area contributed by atoms with Crippen LogP contribution in [0.25, 0.3) is 0 Å². The first-order chi connectivity index (χ1) is 9.15. The Labute approximate surface area is 122 Å². The van der Waals surface area contributed by atoms with E-state index in [1.165, 1.54) is 10.4 Å². The molecule has 0 saturated carbocycles. The lowest BCUT2D eigenvalue weighted by Gasteiger charge is -2.30. The zero-order chi connectivity index (χ0) is 13.4. The van der Waals surface area contributed by atoms with Crippen LogP contribution < -0.4 is 10.6 Å². The first-order valence-electron chi connectivity index (χ1n) is 6.50. The van der Waals surface area contributed by atoms with Crippen LogP contribution >= 0.6 is 22.9 Å². The fraction of sp³-hybridized carbons (Fsp3) is 0.333. The number of fused-ring (bicyclic) bond motifs is 1. The summed E-state index contributed by atoms with van der Waals surface area (Å²) >= 11 is 8.27. The Morgan fingerprint density at radius 2 is 2.21 bits per heavy atom. The number of nitrogens with zero attached hydrogens (tertiary/aromatic N) is 1. The molecule has 19 heavy (non-hydrogen) atoms. The highest BCUT2D eigenvalue weighted by Gasteiger charge is 2.19. The van der Waals surface area contributed by atoms with Crippen LogP contribution in [0.2, 0.25) is 5.02 Å². The van der Waals surface area contributed by atoms with Crippen molar-refractivity contribution in [2.45, 2.75) is 25.9 Å². The minimum atomic E-state index is 0.0244. The van der Waals surface area contributed by atoms with Gasteiger partial charge in [0.1, 0.15) is 0 Å². The average Bonchev–Trinajstić information content (AvgIpc) is 2.85. The van der Waals surface area contributed by atoms with Crippen molar-refractivity contribution < 1.29 is 0 Å². The van der Waals surface area contributed by atoms with Crippen molar-refractivity contribution in [3.63, 3.8) is 0 Å². The molecular formula is C15H17ClN2S. The van der Waals surface area contributed by atoms with Gasteiger partial charge >= 0.3 is 0 Å². The summed E-state index contributed by atoms with van der Waals surface area (Å²) in [5, 5.41) is 2.98. The van der Waals surface area contributed by atoms with Crippen molar-refractivity contribution in [3.8, 4) is 0 Å². The van der Waals surface area contributed by atoms with Crippen LogP contribution in [0.1, 0.15) is 29.0 Å². The van der Waals surface area contributed by atoms with Crippen molar-refractivity contribution >= 4 is 28.6 Å². The van der Waals surface area contributed by atoms with Gasteiger partial charge < -0.3 is 10.6 Å². The molecule has 1 aromatic heterocycles. The van der Waals surface area contributed by atoms with Gasteiger partial charge in [-0.1, -0.05) is 17.7 Å². The Hall–Kier alpha value is -1.03. The smallest absolute Gasteiger partial charge is 0.0643 e. The average molecular weight is 293 g/mol. The van der Waals surface area contributed by atoms with Gasteiger partial charge in [0.15, 0.2) is 0 Å². The number of hydrogen-bond acceptors (Lipinski definition) is 3. The lowest BCUT2D eigenvalue weighted by Crippen LogP contribution is -2.29. The minimum absolute atomic E-state index is 0.0244. The Balaban J connectivity index is 1.88. The van der Waals surface area contributed by atoms with Crippen LogP contribution in [0.5, 0.6) is 0 Å². The summed E-state index contributed by atoms with van der Waals surface area (Å²) in [6, 6.07) is 8.41. The second-order valence-corrected chi connectivity index (χ2v) is 6.45. The molecule has 3 rings (SSSR count). The fourth-order valence-electron chi connectivity index (χ4n) is 2.52. The third-order valence-electron chi connectivity index (χ3n) is 3.65. The quantitative estimate of drug-likeness (QED) is 0.907. The highest BCUT2D eigenvalue weighted by Crippen LogP contribution is 2.33. The highest BCUT2D eigenvalue weighted by molar-refractivity contribution is 7.10. The van der Waals surface area contributed by atoms with E-state index in [1.54, 1.807) is 0 Å². The van der Waals surface area contributed by atoms with Crippen LogP contribution in [-0.4, -0.2) is 6.54 Å². The van der Waals surface area contributed by atoms with Gasteiger partial charge in [-0.05, 0) is 48.1 Å². The van der Waals surface area contributed by atoms with Gasteiger partial charge in [0.2, 0.25) is 0 Å². The van der Waals surface area contributed by atoms with E-state index in [0.29, 0.717) is 0 Å². The molecule has 2 heterocycles. The number of halogens is 1. The number of anilines is 1. The van der Waals surface area contributed by atoms with Gasteiger partial charge in [0.25, 0.3) is 0 Å². The van der Waals surface area contributed by atoms with E-state index in [2.05, 4.69) is 28.5 Å². The van der Waals surface area contributed by atoms with Gasteiger partial charge in [-0.3, -0.25) is 0 Å². The number of nitrogens with two attached hydrogens (primary N) is 1. The summed E-state index contributed by atoms with van der Waals surface area (Å²) in [6.07, 6.45) is 1.11. The monoisotopic (exact) mass is 292 g/mol. The molecule has 100 valence electrons. The molecule has 0 spiro atoms. The van der Waals surface area contributed by atoms with Crippen molar-refractivity contribution in [1.29, 1.82) is 0 Å². The predicted octanol–water partition coefficient (Wildman–Crippen LogP) is 3.98. The second-order valence-electron chi connectivity index (χ2n) is 5.04. The molecule has 0 aliphatic carbocycles. The van der Waals surface area contributed by atoms with E-state index in [1.807, 2.05) is 24.3 Å². The molecule has 2 aromatic rings. The normalized spacial score (nSPS) is 16.3. The molecule has 2 N–H and O–H groups in total. The maximum atomic E-state index is 6.41. The van der Waals surface area contributed by atoms with Crippen molar-refractivity contribution in [3.05, 3.63) is 50.7 Å². The second kappa shape index (κ2) is 5.16. The lowest BCUT2D eigenvalue weighted by atomic mass is 10.1. The zero-order valence-electron chi connectivity index (χ0n) is 10.9. The van der Waals surface area contributed by atoms with Gasteiger partial charge in [-0.15, -0.1) is 11.3 Å². The maximum absolute atomic E-state index is 6.41. The van der Waals surface area contributed by atoms with Crippen LogP contribution in [0.4, 0.5) is 5.69 Å². The van der Waals surface area contributed by atoms with E-state index in [9.17, 15) is 0 Å². The summed E-state index contributed by atoms with van der Waals surface area (Å²) in [6.45, 7) is 3.96. The van der Waals surface area contributed by atoms with Crippen LogP contribution in [0.15, 0.2) is 29.6 Å². The van der Waals surface area contributed by atoms with E-state index in [-0.39, 0.29) is 6.04 Å². The molecule has 2 nitrogen and oxygen atoms in total. The number of hydrogen-bond donors (Lipinski definition) is 1. The lowest BCUT2D eigenvalue weighted by molar-refractivity contribution is 0.742. The Bertz CT molecular complexity index is 592. The Kier molecular flexibility index (Phi) is 3.52. The first-order valence-corrected chi connectivity index (χ1v) is 7.76. The molecular weight excluding hydrogens is 276 g/mol. The van der Waals surface area contributed by atoms with Gasteiger partial charge in [0.05, 0.1) is 10.7 Å². The molecule has 0 unspecified atom stereocenters. The largest absolute Gasteiger partial charge is 0.366 e. The van der Waals surface area contributed by atoms with E-state index in [4.69, 9.17) is 17.3 Å². The third kappa shape index (κ3) is 2.50. The molecule has 1 atom stereocenters. The minimum Gasteiger partial charge on any atom is -0.366 e. The number of benzene rings is 1. The molecule has 1 aliphatic heterocycles. The Morgan fingerprint density at radius 3 is 2.95 bits per heavy atom. The standard InChI is InChI=1S/C15H17ClN2S/c1-10(17)11-2-3-14(13(16)8-11)18-6-4-15-12(9-18)5-7-19-15/h2-3,5,7-8,10H,4,6,9,17H2,1H3/t10-/m0/s1. The topological polar surface area (TPSA) is 29.3 Å². The molecule has 0 radical (unpaired) electrons. The third-order valence-corrected chi connectivity index (χ3v) is 4.97. The van der Waals surface area contributed by atoms with Crippen molar-refractivity contribution in [2.24, 2.45) is 5.73 Å². The van der Waals surface area contributed by atoms with Crippen LogP contribution in [0.3, 0.4) is 0 Å². The SMILES string of the molecule is C[C@H](N)c1ccc(N2CCc3sccc3C2)c(Cl)c1. The molecule has 0 amide bonds. The summed E-state index contributed by atoms with van der Waals surface area (Å²) in [7, 11) is 0. The van der Waals surface area contributed by atoms with Gasteiger partial charge in [-0.25, -0.2) is 0 Å². The fourth-order valence-corrected chi connectivity index (χ4v) is 3.72. The highest BCUT2D eigenvalue weighted by atomic mass is 35.5. The van der Waals surface area contributed by atoms with E-state index >= 15 is 0 Å². The molecule has 4 heteroatoms. The summed E-state index contributed by atoms with van der Waals surface area (Å²) in [5.41, 5.74) is 9.52. The predicted molar refractivity (Wildman–Crippen MR) is 83.1 cm³/mol. The molecule has 1 aliphatic rings. The number of thiophene rings is 1. The Morgan fingerprint density at radius 1 is 1.37 bits per heavy atom. The summed E-state index contributed by atoms with van der Waals surface area (Å²) in [5.74, 6) is 0. The summed E-state index contributed by atoms with van der Waals surface area (Å²) in [4.78, 5) is 3.86. The summed E-state index contributed by atoms with van der Waals surface area (Å²) < 4.78 is 0. The van der Waals surface area contributed by atoms with Gasteiger partial charge in [-0.2, -0.15) is 0 Å². The molecule has 1 aromatic carbocycles. The zero-order valence-corrected chi connectivity index (χ0v) is 12.5. The van der Waals surface area contributed by atoms with Crippen molar-refractivity contribution in [2.75, 3.05) is 11.4 Å². The molecule has 0 bridgehead atoms. The number of rotatable bonds is 2. The first kappa shape index (κ1) is 13.0. The van der Waals surface area contributed by atoms with Crippen molar-refractivity contribution in [1.82, 2.24) is 0 Å². The molecule has 0 saturated heterocycles. The van der Waals surface area contributed by atoms with E-state index in [0.717, 1.165) is 35.8 Å². The maximum Gasteiger partial charge on any atom is 0.0643 e.